The van der Waals surface area contributed by atoms with Crippen molar-refractivity contribution in [3.05, 3.63) is 40.6 Å². The average Bonchev–Trinajstić information content (AvgIpc) is 2.85. The molecule has 1 atom stereocenters. The molecule has 1 aromatic heterocycles. The number of para-hydroxylation sites is 1. The van der Waals surface area contributed by atoms with Gasteiger partial charge in [-0.15, -0.1) is 0 Å². The number of hydrogen-bond donors (Lipinski definition) is 1. The molecule has 2 amide bonds. The number of nitrogens with zero attached hydrogens (tertiary/aromatic N) is 1. The Hall–Kier alpha value is -2.83. The number of fused-ring (bicyclic) bond motifs is 1. The normalized spacial score (nSPS) is 18.6. The van der Waals surface area contributed by atoms with Gasteiger partial charge in [-0.05, 0) is 25.5 Å². The Bertz CT molecular complexity index is 846. The summed E-state index contributed by atoms with van der Waals surface area (Å²) in [4.78, 5) is 35.5. The predicted octanol–water partition coefficient (Wildman–Crippen LogP) is 1.58. The molecule has 0 aliphatic carbocycles. The van der Waals surface area contributed by atoms with E-state index >= 15 is 0 Å². The average molecular weight is 316 g/mol. The molecule has 1 aliphatic heterocycles. The third-order valence-corrected chi connectivity index (χ3v) is 3.70. The van der Waals surface area contributed by atoms with E-state index in [4.69, 9.17) is 9.15 Å². The first-order chi connectivity index (χ1) is 11.1. The molecule has 2 heterocycles. The molecule has 7 heteroatoms. The van der Waals surface area contributed by atoms with E-state index in [9.17, 15) is 14.4 Å². The van der Waals surface area contributed by atoms with Gasteiger partial charge in [-0.25, -0.2) is 4.79 Å². The van der Waals surface area contributed by atoms with E-state index in [0.717, 1.165) is 0 Å². The van der Waals surface area contributed by atoms with E-state index in [1.165, 1.54) is 10.8 Å². The van der Waals surface area contributed by atoms with E-state index in [1.807, 2.05) is 6.92 Å². The van der Waals surface area contributed by atoms with Crippen LogP contribution in [0.1, 0.15) is 31.4 Å². The van der Waals surface area contributed by atoms with Gasteiger partial charge in [0.1, 0.15) is 6.04 Å². The van der Waals surface area contributed by atoms with Crippen molar-refractivity contribution < 1.29 is 18.7 Å². The van der Waals surface area contributed by atoms with Crippen LogP contribution in [0.4, 0.5) is 0 Å². The van der Waals surface area contributed by atoms with E-state index < -0.39 is 17.7 Å². The number of ether oxygens (including phenoxy) is 1. The lowest BCUT2D eigenvalue weighted by Gasteiger charge is -2.21. The van der Waals surface area contributed by atoms with Gasteiger partial charge >= 0.3 is 5.76 Å². The van der Waals surface area contributed by atoms with Crippen molar-refractivity contribution in [1.82, 2.24) is 9.88 Å². The first-order valence-corrected chi connectivity index (χ1v) is 7.37. The lowest BCUT2D eigenvalue weighted by molar-refractivity contribution is -0.135. The van der Waals surface area contributed by atoms with Crippen LogP contribution in [0.3, 0.4) is 0 Å². The number of nitrogens with one attached hydrogen (secondary N) is 1. The molecular formula is C16H16N2O5. The minimum absolute atomic E-state index is 0.194. The second-order valence-corrected chi connectivity index (χ2v) is 5.16. The Morgan fingerprint density at radius 1 is 1.39 bits per heavy atom. The summed E-state index contributed by atoms with van der Waals surface area (Å²) in [5, 5.41) is 2.25. The number of carbonyl (C=O) groups excluding carboxylic acids is 2. The van der Waals surface area contributed by atoms with Crippen LogP contribution >= 0.6 is 0 Å². The van der Waals surface area contributed by atoms with Gasteiger partial charge in [-0.1, -0.05) is 12.1 Å². The van der Waals surface area contributed by atoms with Crippen LogP contribution in [0.2, 0.25) is 0 Å². The van der Waals surface area contributed by atoms with Crippen molar-refractivity contribution in [2.24, 2.45) is 0 Å². The van der Waals surface area contributed by atoms with Crippen molar-refractivity contribution in [2.75, 3.05) is 6.61 Å². The van der Waals surface area contributed by atoms with Crippen LogP contribution in [0.5, 0.6) is 0 Å². The molecule has 0 saturated carbocycles. The number of carbonyl (C=O) groups is 2. The molecule has 1 saturated heterocycles. The number of rotatable bonds is 4. The van der Waals surface area contributed by atoms with Crippen LogP contribution in [0.25, 0.3) is 17.2 Å². The molecule has 0 bridgehead atoms. The lowest BCUT2D eigenvalue weighted by atomic mass is 10.1. The van der Waals surface area contributed by atoms with Gasteiger partial charge in [0.15, 0.2) is 5.58 Å². The molecule has 1 unspecified atom stereocenters. The molecular weight excluding hydrogens is 300 g/mol. The van der Waals surface area contributed by atoms with Crippen LogP contribution in [0.15, 0.2) is 33.7 Å². The number of amides is 2. The highest BCUT2D eigenvalue weighted by Crippen LogP contribution is 2.25. The summed E-state index contributed by atoms with van der Waals surface area (Å²) < 4.78 is 11.8. The second kappa shape index (κ2) is 6.12. The number of oxazole rings is 1. The quantitative estimate of drug-likeness (QED) is 0.683. The van der Waals surface area contributed by atoms with Crippen molar-refractivity contribution in [3.63, 3.8) is 0 Å². The Balaban J connectivity index is 2.07. The van der Waals surface area contributed by atoms with Gasteiger partial charge in [0.25, 0.3) is 0 Å². The fraction of sp³-hybridized carbons (Fsp3) is 0.312. The molecule has 3 rings (SSSR count). The minimum atomic E-state index is -0.743. The summed E-state index contributed by atoms with van der Waals surface area (Å²) >= 11 is 0. The summed E-state index contributed by atoms with van der Waals surface area (Å²) in [5.41, 5.74) is 1.58. The van der Waals surface area contributed by atoms with Crippen LogP contribution in [-0.4, -0.2) is 23.0 Å². The Morgan fingerprint density at radius 2 is 2.22 bits per heavy atom. The standard InChI is InChI=1S/C16H16N2O5/c1-2-22-9-8-10-4-3-5-11-14(10)23-16(21)18(11)12-6-7-13(19)17-15(12)20/h3-5,8-9,12H,2,6-7H2,1H3,(H,17,19,20)/b9-8+. The maximum Gasteiger partial charge on any atom is 0.420 e. The number of hydrogen-bond acceptors (Lipinski definition) is 5. The fourth-order valence-corrected chi connectivity index (χ4v) is 2.65. The van der Waals surface area contributed by atoms with Gasteiger partial charge in [-0.3, -0.25) is 19.5 Å². The van der Waals surface area contributed by atoms with E-state index in [-0.39, 0.29) is 18.7 Å². The molecule has 1 aromatic carbocycles. The summed E-state index contributed by atoms with van der Waals surface area (Å²) in [7, 11) is 0. The number of aromatic nitrogens is 1. The highest BCUT2D eigenvalue weighted by molar-refractivity contribution is 6.00. The summed E-state index contributed by atoms with van der Waals surface area (Å²) in [6, 6.07) is 4.52. The SMILES string of the molecule is CCO/C=C/c1cccc2c1oc(=O)n2C1CCC(=O)NC1=O. The maximum atomic E-state index is 12.2. The molecule has 0 spiro atoms. The summed E-state index contributed by atoms with van der Waals surface area (Å²) in [6.07, 6.45) is 3.69. The van der Waals surface area contributed by atoms with Crippen molar-refractivity contribution in [1.29, 1.82) is 0 Å². The largest absolute Gasteiger partial charge is 0.501 e. The van der Waals surface area contributed by atoms with E-state index in [2.05, 4.69) is 5.32 Å². The van der Waals surface area contributed by atoms with Gasteiger partial charge in [0.2, 0.25) is 11.8 Å². The molecule has 23 heavy (non-hydrogen) atoms. The van der Waals surface area contributed by atoms with Crippen molar-refractivity contribution >= 4 is 29.0 Å². The number of piperidine rings is 1. The third-order valence-electron chi connectivity index (χ3n) is 3.70. The fourth-order valence-electron chi connectivity index (χ4n) is 2.65. The smallest absolute Gasteiger partial charge is 0.420 e. The van der Waals surface area contributed by atoms with E-state index in [1.54, 1.807) is 24.3 Å². The van der Waals surface area contributed by atoms with Crippen LogP contribution in [-0.2, 0) is 14.3 Å². The molecule has 7 nitrogen and oxygen atoms in total. The first-order valence-electron chi connectivity index (χ1n) is 7.37. The van der Waals surface area contributed by atoms with Crippen LogP contribution < -0.4 is 11.1 Å². The molecule has 0 radical (unpaired) electrons. The molecule has 1 aliphatic rings. The zero-order valence-corrected chi connectivity index (χ0v) is 12.6. The highest BCUT2D eigenvalue weighted by Gasteiger charge is 2.31. The lowest BCUT2D eigenvalue weighted by Crippen LogP contribution is -2.43. The molecule has 120 valence electrons. The Morgan fingerprint density at radius 3 is 2.96 bits per heavy atom. The zero-order valence-electron chi connectivity index (χ0n) is 12.6. The highest BCUT2D eigenvalue weighted by atomic mass is 16.5. The topological polar surface area (TPSA) is 90.5 Å². The number of benzene rings is 1. The second-order valence-electron chi connectivity index (χ2n) is 5.16. The predicted molar refractivity (Wildman–Crippen MR) is 82.6 cm³/mol. The van der Waals surface area contributed by atoms with Gasteiger partial charge < -0.3 is 9.15 Å². The summed E-state index contributed by atoms with van der Waals surface area (Å²) in [6.45, 7) is 2.40. The van der Waals surface area contributed by atoms with Crippen LogP contribution in [0, 0.1) is 0 Å². The molecule has 1 N–H and O–H groups in total. The Labute approximate surface area is 131 Å². The zero-order chi connectivity index (χ0) is 16.4. The van der Waals surface area contributed by atoms with Crippen molar-refractivity contribution in [3.8, 4) is 0 Å². The van der Waals surface area contributed by atoms with Gasteiger partial charge in [0, 0.05) is 12.0 Å². The van der Waals surface area contributed by atoms with Gasteiger partial charge in [0.05, 0.1) is 18.4 Å². The van der Waals surface area contributed by atoms with Gasteiger partial charge in [-0.2, -0.15) is 0 Å². The number of imide groups is 1. The Kier molecular flexibility index (Phi) is 4.01. The minimum Gasteiger partial charge on any atom is -0.501 e. The van der Waals surface area contributed by atoms with E-state index in [0.29, 0.717) is 23.3 Å². The van der Waals surface area contributed by atoms with Crippen molar-refractivity contribution in [2.45, 2.75) is 25.8 Å². The molecule has 2 aromatic rings. The summed E-state index contributed by atoms with van der Waals surface area (Å²) in [5.74, 6) is -1.43. The molecule has 1 fully saturated rings. The third kappa shape index (κ3) is 2.77. The monoisotopic (exact) mass is 316 g/mol. The maximum absolute atomic E-state index is 12.2. The first kappa shape index (κ1) is 15.1.